The summed E-state index contributed by atoms with van der Waals surface area (Å²) in [6.45, 7) is 0. The third kappa shape index (κ3) is 2.77. The number of nitrogens with zero attached hydrogens (tertiary/aromatic N) is 1. The second kappa shape index (κ2) is 5.58. The topological polar surface area (TPSA) is 71.8 Å². The van der Waals surface area contributed by atoms with Crippen molar-refractivity contribution in [2.24, 2.45) is 0 Å². The minimum absolute atomic E-state index is 0. The van der Waals surface area contributed by atoms with Gasteiger partial charge in [-0.25, -0.2) is 4.98 Å². The smallest absolute Gasteiger partial charge is 0.275 e. The number of aromatic amines is 1. The molecular weight excluding hydrogens is 246 g/mol. The van der Waals surface area contributed by atoms with Crippen LogP contribution in [-0.2, 0) is 0 Å². The van der Waals surface area contributed by atoms with Crippen molar-refractivity contribution in [3.05, 3.63) is 47.0 Å². The fraction of sp³-hybridized carbons (Fsp3) is 0. The lowest BCUT2D eigenvalue weighted by Crippen LogP contribution is -2.13. The molecule has 0 unspecified atom stereocenters. The van der Waals surface area contributed by atoms with E-state index in [1.54, 1.807) is 0 Å². The van der Waals surface area contributed by atoms with Gasteiger partial charge in [-0.05, 0) is 12.1 Å². The normalized spacial score (nSPS) is 9.50. The Labute approximate surface area is 103 Å². The van der Waals surface area contributed by atoms with E-state index in [9.17, 15) is 4.79 Å². The van der Waals surface area contributed by atoms with Gasteiger partial charge in [-0.2, -0.15) is 0 Å². The SMILES string of the molecule is Cl.Nc1c(Sc2ccccc2)nc[nH]c1=O. The van der Waals surface area contributed by atoms with E-state index in [1.807, 2.05) is 30.3 Å². The zero-order valence-electron chi connectivity index (χ0n) is 8.21. The molecule has 0 radical (unpaired) electrons. The number of hydrogen-bond acceptors (Lipinski definition) is 4. The third-order valence-corrected chi connectivity index (χ3v) is 2.84. The van der Waals surface area contributed by atoms with Crippen molar-refractivity contribution in [3.8, 4) is 0 Å². The number of nitrogens with one attached hydrogen (secondary N) is 1. The Morgan fingerprint density at radius 1 is 1.25 bits per heavy atom. The van der Waals surface area contributed by atoms with Crippen LogP contribution in [0.5, 0.6) is 0 Å². The van der Waals surface area contributed by atoms with Gasteiger partial charge in [0.1, 0.15) is 10.7 Å². The Hall–Kier alpha value is -1.46. The quantitative estimate of drug-likeness (QED) is 0.805. The highest BCUT2D eigenvalue weighted by atomic mass is 35.5. The van der Waals surface area contributed by atoms with Gasteiger partial charge in [0.25, 0.3) is 5.56 Å². The Morgan fingerprint density at radius 2 is 1.94 bits per heavy atom. The van der Waals surface area contributed by atoms with Crippen molar-refractivity contribution >= 4 is 29.9 Å². The summed E-state index contributed by atoms with van der Waals surface area (Å²) < 4.78 is 0. The maximum atomic E-state index is 11.2. The summed E-state index contributed by atoms with van der Waals surface area (Å²) in [6.07, 6.45) is 1.35. The highest BCUT2D eigenvalue weighted by Crippen LogP contribution is 2.27. The minimum atomic E-state index is -0.302. The van der Waals surface area contributed by atoms with Gasteiger partial charge < -0.3 is 10.7 Å². The van der Waals surface area contributed by atoms with E-state index in [1.165, 1.54) is 18.1 Å². The van der Waals surface area contributed by atoms with Crippen LogP contribution in [0.1, 0.15) is 0 Å². The number of halogens is 1. The monoisotopic (exact) mass is 255 g/mol. The van der Waals surface area contributed by atoms with Crippen molar-refractivity contribution in [3.63, 3.8) is 0 Å². The van der Waals surface area contributed by atoms with Crippen LogP contribution in [0.15, 0.2) is 51.4 Å². The fourth-order valence-electron chi connectivity index (χ4n) is 1.08. The first kappa shape index (κ1) is 12.6. The number of hydrogen-bond donors (Lipinski definition) is 2. The van der Waals surface area contributed by atoms with E-state index in [4.69, 9.17) is 5.73 Å². The zero-order valence-corrected chi connectivity index (χ0v) is 9.85. The number of rotatable bonds is 2. The molecule has 0 aliphatic carbocycles. The maximum Gasteiger partial charge on any atom is 0.275 e. The van der Waals surface area contributed by atoms with Gasteiger partial charge in [0.15, 0.2) is 0 Å². The molecule has 0 amide bonds. The molecule has 0 atom stereocenters. The van der Waals surface area contributed by atoms with Gasteiger partial charge in [-0.3, -0.25) is 4.79 Å². The van der Waals surface area contributed by atoms with E-state index in [0.29, 0.717) is 5.03 Å². The molecule has 1 heterocycles. The highest BCUT2D eigenvalue weighted by Gasteiger charge is 2.05. The lowest BCUT2D eigenvalue weighted by molar-refractivity contribution is 1.02. The second-order valence-electron chi connectivity index (χ2n) is 2.87. The average molecular weight is 256 g/mol. The molecule has 0 spiro atoms. The molecule has 6 heteroatoms. The molecule has 2 rings (SSSR count). The van der Waals surface area contributed by atoms with Gasteiger partial charge in [0.05, 0.1) is 6.33 Å². The Bertz CT molecular complexity index is 515. The molecule has 0 fully saturated rings. The number of nitrogen functional groups attached to an aromatic ring is 1. The predicted molar refractivity (Wildman–Crippen MR) is 67.1 cm³/mol. The lowest BCUT2D eigenvalue weighted by atomic mass is 10.4. The van der Waals surface area contributed by atoms with Crippen LogP contribution in [-0.4, -0.2) is 9.97 Å². The second-order valence-corrected chi connectivity index (χ2v) is 3.93. The van der Waals surface area contributed by atoms with Crippen LogP contribution in [0.4, 0.5) is 5.69 Å². The van der Waals surface area contributed by atoms with Crippen LogP contribution >= 0.6 is 24.2 Å². The Morgan fingerprint density at radius 3 is 2.62 bits per heavy atom. The van der Waals surface area contributed by atoms with Crippen LogP contribution in [0.3, 0.4) is 0 Å². The molecule has 0 saturated heterocycles. The van der Waals surface area contributed by atoms with E-state index < -0.39 is 0 Å². The number of anilines is 1. The molecule has 0 aliphatic rings. The van der Waals surface area contributed by atoms with Crippen molar-refractivity contribution in [1.29, 1.82) is 0 Å². The lowest BCUT2D eigenvalue weighted by Gasteiger charge is -2.01. The summed E-state index contributed by atoms with van der Waals surface area (Å²) in [5, 5.41) is 0.532. The standard InChI is InChI=1S/C10H9N3OS.ClH/c11-8-9(14)12-6-13-10(8)15-7-4-2-1-3-5-7;/h1-6H,11H2,(H,12,13,14);1H. The van der Waals surface area contributed by atoms with Gasteiger partial charge in [0.2, 0.25) is 0 Å². The molecule has 0 aliphatic heterocycles. The average Bonchev–Trinajstić information content (AvgIpc) is 2.26. The Kier molecular flexibility index (Phi) is 4.39. The van der Waals surface area contributed by atoms with Crippen LogP contribution in [0, 0.1) is 0 Å². The fourth-order valence-corrected chi connectivity index (χ4v) is 1.90. The third-order valence-electron chi connectivity index (χ3n) is 1.81. The van der Waals surface area contributed by atoms with Crippen LogP contribution < -0.4 is 11.3 Å². The molecule has 2 aromatic rings. The molecule has 1 aromatic carbocycles. The molecular formula is C10H10ClN3OS. The van der Waals surface area contributed by atoms with Crippen LogP contribution in [0.2, 0.25) is 0 Å². The van der Waals surface area contributed by atoms with Crippen molar-refractivity contribution < 1.29 is 0 Å². The number of benzene rings is 1. The molecule has 1 aromatic heterocycles. The highest BCUT2D eigenvalue weighted by molar-refractivity contribution is 7.99. The van der Waals surface area contributed by atoms with Crippen molar-refractivity contribution in [2.45, 2.75) is 9.92 Å². The molecule has 84 valence electrons. The van der Waals surface area contributed by atoms with Crippen LogP contribution in [0.25, 0.3) is 0 Å². The summed E-state index contributed by atoms with van der Waals surface area (Å²) in [5.74, 6) is 0. The summed E-state index contributed by atoms with van der Waals surface area (Å²) >= 11 is 1.37. The van der Waals surface area contributed by atoms with E-state index >= 15 is 0 Å². The van der Waals surface area contributed by atoms with E-state index in [-0.39, 0.29) is 23.7 Å². The summed E-state index contributed by atoms with van der Waals surface area (Å²) in [6, 6.07) is 9.65. The first-order chi connectivity index (χ1) is 7.27. The first-order valence-electron chi connectivity index (χ1n) is 4.33. The summed E-state index contributed by atoms with van der Waals surface area (Å²) in [4.78, 5) is 18.6. The van der Waals surface area contributed by atoms with E-state index in [0.717, 1.165) is 4.90 Å². The maximum absolute atomic E-state index is 11.2. The van der Waals surface area contributed by atoms with Crippen molar-refractivity contribution in [2.75, 3.05) is 5.73 Å². The van der Waals surface area contributed by atoms with E-state index in [2.05, 4.69) is 9.97 Å². The van der Waals surface area contributed by atoms with Gasteiger partial charge in [-0.1, -0.05) is 30.0 Å². The molecule has 4 nitrogen and oxygen atoms in total. The summed E-state index contributed by atoms with van der Waals surface area (Å²) in [5.41, 5.74) is 5.46. The minimum Gasteiger partial charge on any atom is -0.392 e. The predicted octanol–water partition coefficient (Wildman–Crippen LogP) is 1.93. The summed E-state index contributed by atoms with van der Waals surface area (Å²) in [7, 11) is 0. The molecule has 0 bridgehead atoms. The van der Waals surface area contributed by atoms with Gasteiger partial charge >= 0.3 is 0 Å². The van der Waals surface area contributed by atoms with Gasteiger partial charge in [0, 0.05) is 4.90 Å². The molecule has 16 heavy (non-hydrogen) atoms. The first-order valence-corrected chi connectivity index (χ1v) is 5.15. The number of H-pyrrole nitrogens is 1. The zero-order chi connectivity index (χ0) is 10.7. The molecule has 0 saturated carbocycles. The number of nitrogens with two attached hydrogens (primary N) is 1. The van der Waals surface area contributed by atoms with Crippen molar-refractivity contribution in [1.82, 2.24) is 9.97 Å². The largest absolute Gasteiger partial charge is 0.392 e. The Balaban J connectivity index is 0.00000128. The number of aromatic nitrogens is 2. The van der Waals surface area contributed by atoms with Gasteiger partial charge in [-0.15, -0.1) is 12.4 Å². The molecule has 3 N–H and O–H groups in total.